The molecule has 1 aromatic carbocycles. The molecule has 0 aliphatic carbocycles. The van der Waals surface area contributed by atoms with E-state index in [2.05, 4.69) is 35.8 Å². The number of benzene rings is 1. The van der Waals surface area contributed by atoms with Gasteiger partial charge in [-0.25, -0.2) is 8.42 Å². The molecule has 2 aromatic rings. The Morgan fingerprint density at radius 2 is 1.81 bits per heavy atom. The number of nitrogens with zero attached hydrogens (tertiary/aromatic N) is 1. The molecule has 6 nitrogen and oxygen atoms in total. The third-order valence-electron chi connectivity index (χ3n) is 3.95. The van der Waals surface area contributed by atoms with Crippen LogP contribution in [0.1, 0.15) is 38.8 Å². The zero-order valence-electron chi connectivity index (χ0n) is 15.5. The Hall–Kier alpha value is -2.25. The Balaban J connectivity index is 2.00. The lowest BCUT2D eigenvalue weighted by Crippen LogP contribution is -2.44. The minimum absolute atomic E-state index is 0.0603. The number of sulfonamides is 1. The number of aromatic nitrogens is 1. The summed E-state index contributed by atoms with van der Waals surface area (Å²) in [6.07, 6.45) is 3.29. The second-order valence-corrected chi connectivity index (χ2v) is 8.91. The van der Waals surface area contributed by atoms with E-state index in [1.54, 1.807) is 42.7 Å². The highest BCUT2D eigenvalue weighted by Crippen LogP contribution is 2.23. The van der Waals surface area contributed by atoms with Crippen LogP contribution in [0, 0.1) is 0 Å². The van der Waals surface area contributed by atoms with Gasteiger partial charge in [-0.2, -0.15) is 4.72 Å². The minimum Gasteiger partial charge on any atom is -0.351 e. The quantitative estimate of drug-likeness (QED) is 0.811. The minimum atomic E-state index is -3.77. The van der Waals surface area contributed by atoms with Crippen LogP contribution in [0.15, 0.2) is 53.7 Å². The van der Waals surface area contributed by atoms with E-state index >= 15 is 0 Å². The first-order chi connectivity index (χ1) is 12.1. The lowest BCUT2D eigenvalue weighted by Gasteiger charge is -2.19. The SMILES string of the molecule is C[C@@H](NS(=O)(=O)c1ccc(C(C)(C)C)cc1)C(=O)NCc1cccnc1. The molecule has 140 valence electrons. The maximum atomic E-state index is 12.5. The zero-order chi connectivity index (χ0) is 19.4. The van der Waals surface area contributed by atoms with Gasteiger partial charge in [0, 0.05) is 18.9 Å². The molecule has 7 heteroatoms. The van der Waals surface area contributed by atoms with Crippen LogP contribution in [0.25, 0.3) is 0 Å². The third kappa shape index (κ3) is 5.37. The van der Waals surface area contributed by atoms with Gasteiger partial charge in [-0.15, -0.1) is 0 Å². The molecule has 1 amide bonds. The maximum absolute atomic E-state index is 12.5. The zero-order valence-corrected chi connectivity index (χ0v) is 16.3. The van der Waals surface area contributed by atoms with Crippen LogP contribution in [-0.4, -0.2) is 25.4 Å². The molecular weight excluding hydrogens is 350 g/mol. The van der Waals surface area contributed by atoms with Crippen molar-refractivity contribution in [2.45, 2.75) is 50.6 Å². The monoisotopic (exact) mass is 375 g/mol. The van der Waals surface area contributed by atoms with E-state index in [1.165, 1.54) is 6.92 Å². The molecule has 1 aromatic heterocycles. The molecule has 0 unspecified atom stereocenters. The molecule has 1 heterocycles. The summed E-state index contributed by atoms with van der Waals surface area (Å²) < 4.78 is 27.4. The van der Waals surface area contributed by atoms with Crippen LogP contribution in [0.5, 0.6) is 0 Å². The number of hydrogen-bond donors (Lipinski definition) is 2. The molecule has 2 N–H and O–H groups in total. The number of pyridine rings is 1. The van der Waals surface area contributed by atoms with Crippen LogP contribution in [0.4, 0.5) is 0 Å². The van der Waals surface area contributed by atoms with Crippen LogP contribution in [0.2, 0.25) is 0 Å². The first-order valence-electron chi connectivity index (χ1n) is 8.39. The predicted octanol–water partition coefficient (Wildman–Crippen LogP) is 2.36. The molecule has 0 radical (unpaired) electrons. The fourth-order valence-corrected chi connectivity index (χ4v) is 3.54. The summed E-state index contributed by atoms with van der Waals surface area (Å²) >= 11 is 0. The second-order valence-electron chi connectivity index (χ2n) is 7.20. The molecule has 0 fully saturated rings. The fourth-order valence-electron chi connectivity index (χ4n) is 2.33. The molecule has 2 rings (SSSR count). The normalized spacial score (nSPS) is 13.2. The molecule has 0 aliphatic heterocycles. The van der Waals surface area contributed by atoms with Crippen molar-refractivity contribution in [1.29, 1.82) is 0 Å². The highest BCUT2D eigenvalue weighted by atomic mass is 32.2. The Morgan fingerprint density at radius 3 is 2.35 bits per heavy atom. The Kier molecular flexibility index (Phi) is 6.15. The molecule has 1 atom stereocenters. The molecule has 0 saturated carbocycles. The Labute approximate surface area is 155 Å². The highest BCUT2D eigenvalue weighted by Gasteiger charge is 2.22. The summed E-state index contributed by atoms with van der Waals surface area (Å²) in [7, 11) is -3.77. The van der Waals surface area contributed by atoms with Crippen LogP contribution < -0.4 is 10.0 Å². The van der Waals surface area contributed by atoms with Crippen molar-refractivity contribution in [2.24, 2.45) is 0 Å². The van der Waals surface area contributed by atoms with Crippen molar-refractivity contribution in [3.8, 4) is 0 Å². The number of carbonyl (C=O) groups excluding carboxylic acids is 1. The predicted molar refractivity (Wildman–Crippen MR) is 101 cm³/mol. The van der Waals surface area contributed by atoms with Crippen LogP contribution in [0.3, 0.4) is 0 Å². The van der Waals surface area contributed by atoms with Crippen molar-refractivity contribution in [2.75, 3.05) is 0 Å². The van der Waals surface area contributed by atoms with E-state index in [4.69, 9.17) is 0 Å². The van der Waals surface area contributed by atoms with Crippen LogP contribution >= 0.6 is 0 Å². The number of amides is 1. The summed E-state index contributed by atoms with van der Waals surface area (Å²) in [6, 6.07) is 9.42. The molecule has 0 bridgehead atoms. The molecule has 0 spiro atoms. The van der Waals surface area contributed by atoms with Crippen molar-refractivity contribution in [3.05, 3.63) is 59.9 Å². The largest absolute Gasteiger partial charge is 0.351 e. The Morgan fingerprint density at radius 1 is 1.15 bits per heavy atom. The van der Waals surface area contributed by atoms with Gasteiger partial charge in [0.1, 0.15) is 0 Å². The second kappa shape index (κ2) is 7.97. The number of carbonyl (C=O) groups is 1. The lowest BCUT2D eigenvalue weighted by atomic mass is 9.87. The summed E-state index contributed by atoms with van der Waals surface area (Å²) in [6.45, 7) is 7.98. The fraction of sp³-hybridized carbons (Fsp3) is 0.368. The molecule has 26 heavy (non-hydrogen) atoms. The van der Waals surface area contributed by atoms with Crippen molar-refractivity contribution < 1.29 is 13.2 Å². The van der Waals surface area contributed by atoms with Crippen molar-refractivity contribution in [3.63, 3.8) is 0 Å². The number of hydrogen-bond acceptors (Lipinski definition) is 4. The molecular formula is C19H25N3O3S. The summed E-state index contributed by atoms with van der Waals surface area (Å²) in [4.78, 5) is 16.3. The van der Waals surface area contributed by atoms with Gasteiger partial charge in [0.25, 0.3) is 0 Å². The summed E-state index contributed by atoms with van der Waals surface area (Å²) in [5, 5.41) is 2.70. The standard InChI is InChI=1S/C19H25N3O3S/c1-14(18(23)21-13-15-6-5-11-20-12-15)22-26(24,25)17-9-7-16(8-10-17)19(2,3)4/h5-12,14,22H,13H2,1-4H3,(H,21,23)/t14-/m1/s1. The summed E-state index contributed by atoms with van der Waals surface area (Å²) in [5.41, 5.74) is 1.82. The van der Waals surface area contributed by atoms with Crippen molar-refractivity contribution in [1.82, 2.24) is 15.0 Å². The van der Waals surface area contributed by atoms with Crippen LogP contribution in [-0.2, 0) is 26.8 Å². The van der Waals surface area contributed by atoms with E-state index in [1.807, 2.05) is 6.07 Å². The molecule has 0 aliphatic rings. The topological polar surface area (TPSA) is 88.2 Å². The van der Waals surface area contributed by atoms with E-state index in [9.17, 15) is 13.2 Å². The van der Waals surface area contributed by atoms with Gasteiger partial charge in [-0.1, -0.05) is 39.0 Å². The van der Waals surface area contributed by atoms with Gasteiger partial charge in [-0.05, 0) is 41.7 Å². The maximum Gasteiger partial charge on any atom is 0.241 e. The van der Waals surface area contributed by atoms with Gasteiger partial charge >= 0.3 is 0 Å². The van der Waals surface area contributed by atoms with Gasteiger partial charge in [-0.3, -0.25) is 9.78 Å². The first kappa shape index (κ1) is 20.1. The number of rotatable bonds is 6. The average molecular weight is 375 g/mol. The van der Waals surface area contributed by atoms with Crippen molar-refractivity contribution >= 4 is 15.9 Å². The Bertz CT molecular complexity index is 842. The molecule has 0 saturated heterocycles. The van der Waals surface area contributed by atoms with E-state index < -0.39 is 22.0 Å². The van der Waals surface area contributed by atoms with Gasteiger partial charge < -0.3 is 5.32 Å². The number of nitrogens with one attached hydrogen (secondary N) is 2. The van der Waals surface area contributed by atoms with E-state index in [0.717, 1.165) is 11.1 Å². The first-order valence-corrected chi connectivity index (χ1v) is 9.87. The van der Waals surface area contributed by atoms with Gasteiger partial charge in [0.2, 0.25) is 15.9 Å². The smallest absolute Gasteiger partial charge is 0.241 e. The average Bonchev–Trinajstić information content (AvgIpc) is 2.59. The summed E-state index contributed by atoms with van der Waals surface area (Å²) in [5.74, 6) is -0.399. The van der Waals surface area contributed by atoms with E-state index in [-0.39, 0.29) is 10.3 Å². The van der Waals surface area contributed by atoms with Gasteiger partial charge in [0.05, 0.1) is 10.9 Å². The third-order valence-corrected chi connectivity index (χ3v) is 5.50. The van der Waals surface area contributed by atoms with E-state index in [0.29, 0.717) is 6.54 Å². The van der Waals surface area contributed by atoms with Gasteiger partial charge in [0.15, 0.2) is 0 Å². The lowest BCUT2D eigenvalue weighted by molar-refractivity contribution is -0.122. The highest BCUT2D eigenvalue weighted by molar-refractivity contribution is 7.89.